The van der Waals surface area contributed by atoms with E-state index in [1.807, 2.05) is 12.3 Å². The van der Waals surface area contributed by atoms with Crippen molar-refractivity contribution in [3.63, 3.8) is 0 Å². The van der Waals surface area contributed by atoms with E-state index in [4.69, 9.17) is 10.8 Å². The maximum atomic E-state index is 9.05. The quantitative estimate of drug-likeness (QED) is 0.625. The highest BCUT2D eigenvalue weighted by atomic mass is 32.1. The average Bonchev–Trinajstić information content (AvgIpc) is 2.13. The maximum Gasteiger partial charge on any atom is 0.131 e. The number of hydrogen-bond donors (Lipinski definition) is 2. The Balaban J connectivity index is 2.94. The average molecular weight is 143 g/mol. The molecule has 0 saturated carbocycles. The summed E-state index contributed by atoms with van der Waals surface area (Å²) in [7, 11) is 0. The molecule has 0 aliphatic rings. The van der Waals surface area contributed by atoms with Gasteiger partial charge in [0, 0.05) is 17.0 Å². The lowest BCUT2D eigenvalue weighted by Crippen LogP contribution is -2.02. The summed E-state index contributed by atoms with van der Waals surface area (Å²) in [5.74, 6) is 0.315. The molecular weight excluding hydrogens is 134 g/mol. The van der Waals surface area contributed by atoms with Crippen molar-refractivity contribution in [1.82, 2.24) is 0 Å². The van der Waals surface area contributed by atoms with Gasteiger partial charge in [-0.25, -0.2) is 0 Å². The van der Waals surface area contributed by atoms with Crippen molar-refractivity contribution < 1.29 is 5.11 Å². The van der Waals surface area contributed by atoms with Crippen molar-refractivity contribution in [3.8, 4) is 5.75 Å². The topological polar surface area (TPSA) is 46.2 Å². The van der Waals surface area contributed by atoms with Gasteiger partial charge in [-0.05, 0) is 12.3 Å². The number of nitrogens with two attached hydrogens (primary N) is 1. The van der Waals surface area contributed by atoms with Crippen molar-refractivity contribution in [2.24, 2.45) is 5.73 Å². The predicted octanol–water partition coefficient (Wildman–Crippen LogP) is 1.47. The van der Waals surface area contributed by atoms with E-state index in [9.17, 15) is 0 Å². The van der Waals surface area contributed by atoms with Gasteiger partial charge in [0.1, 0.15) is 5.75 Å². The van der Waals surface area contributed by atoms with Crippen molar-refractivity contribution in [2.45, 2.75) is 13.0 Å². The third kappa shape index (κ3) is 1.23. The second kappa shape index (κ2) is 2.37. The molecule has 9 heavy (non-hydrogen) atoms. The van der Waals surface area contributed by atoms with Gasteiger partial charge in [0.05, 0.1) is 0 Å². The zero-order chi connectivity index (χ0) is 6.85. The van der Waals surface area contributed by atoms with Crippen LogP contribution < -0.4 is 5.73 Å². The molecule has 1 atom stereocenters. The standard InChI is InChI=1S/C6H9NOS/c1-4(7)5-2-9-3-6(5)8/h2-4,8H,7H2,1H3/t4-/m1/s1. The van der Waals surface area contributed by atoms with Gasteiger partial charge in [0.2, 0.25) is 0 Å². The molecule has 1 aromatic heterocycles. The van der Waals surface area contributed by atoms with Crippen LogP contribution in [0.3, 0.4) is 0 Å². The first-order chi connectivity index (χ1) is 4.22. The minimum Gasteiger partial charge on any atom is -0.507 e. The molecule has 1 heterocycles. The fourth-order valence-electron chi connectivity index (χ4n) is 0.641. The Morgan fingerprint density at radius 3 is 2.56 bits per heavy atom. The zero-order valence-electron chi connectivity index (χ0n) is 5.16. The van der Waals surface area contributed by atoms with E-state index in [2.05, 4.69) is 0 Å². The van der Waals surface area contributed by atoms with Crippen LogP contribution in [0.5, 0.6) is 5.75 Å². The summed E-state index contributed by atoms with van der Waals surface area (Å²) in [6.07, 6.45) is 0. The minimum atomic E-state index is -0.0590. The highest BCUT2D eigenvalue weighted by molar-refractivity contribution is 7.08. The summed E-state index contributed by atoms with van der Waals surface area (Å²) in [6.45, 7) is 1.85. The van der Waals surface area contributed by atoms with Crippen LogP contribution in [0.2, 0.25) is 0 Å². The molecule has 3 heteroatoms. The van der Waals surface area contributed by atoms with E-state index in [0.717, 1.165) is 5.56 Å². The third-order valence-electron chi connectivity index (χ3n) is 1.16. The number of aromatic hydroxyl groups is 1. The molecule has 0 aliphatic carbocycles. The lowest BCUT2D eigenvalue weighted by molar-refractivity contribution is 0.467. The Hall–Kier alpha value is -0.540. The molecule has 0 aliphatic heterocycles. The van der Waals surface area contributed by atoms with Crippen LogP contribution in [0.1, 0.15) is 18.5 Å². The molecule has 50 valence electrons. The van der Waals surface area contributed by atoms with E-state index < -0.39 is 0 Å². The third-order valence-corrected chi connectivity index (χ3v) is 1.91. The van der Waals surface area contributed by atoms with E-state index in [1.165, 1.54) is 11.3 Å². The summed E-state index contributed by atoms with van der Waals surface area (Å²) >= 11 is 1.46. The van der Waals surface area contributed by atoms with Crippen LogP contribution in [0.15, 0.2) is 10.8 Å². The van der Waals surface area contributed by atoms with Crippen LogP contribution >= 0.6 is 11.3 Å². The monoisotopic (exact) mass is 143 g/mol. The zero-order valence-corrected chi connectivity index (χ0v) is 5.98. The van der Waals surface area contributed by atoms with Crippen molar-refractivity contribution in [3.05, 3.63) is 16.3 Å². The Morgan fingerprint density at radius 2 is 2.33 bits per heavy atom. The molecule has 0 unspecified atom stereocenters. The summed E-state index contributed by atoms with van der Waals surface area (Å²) in [5, 5.41) is 12.6. The van der Waals surface area contributed by atoms with Gasteiger partial charge in [-0.1, -0.05) is 0 Å². The van der Waals surface area contributed by atoms with E-state index in [0.29, 0.717) is 5.75 Å². The largest absolute Gasteiger partial charge is 0.507 e. The molecule has 0 spiro atoms. The number of hydrogen-bond acceptors (Lipinski definition) is 3. The Labute approximate surface area is 57.9 Å². The van der Waals surface area contributed by atoms with E-state index >= 15 is 0 Å². The van der Waals surface area contributed by atoms with Crippen LogP contribution in [0, 0.1) is 0 Å². The van der Waals surface area contributed by atoms with E-state index in [1.54, 1.807) is 5.38 Å². The second-order valence-electron chi connectivity index (χ2n) is 2.00. The van der Waals surface area contributed by atoms with Crippen molar-refractivity contribution in [1.29, 1.82) is 0 Å². The summed E-state index contributed by atoms with van der Waals surface area (Å²) < 4.78 is 0. The molecule has 0 amide bonds. The van der Waals surface area contributed by atoms with Crippen LogP contribution in [-0.4, -0.2) is 5.11 Å². The van der Waals surface area contributed by atoms with Gasteiger partial charge >= 0.3 is 0 Å². The van der Waals surface area contributed by atoms with Crippen LogP contribution in [0.4, 0.5) is 0 Å². The smallest absolute Gasteiger partial charge is 0.131 e. The molecule has 0 saturated heterocycles. The first-order valence-corrected chi connectivity index (χ1v) is 3.66. The Morgan fingerprint density at radius 1 is 1.67 bits per heavy atom. The lowest BCUT2D eigenvalue weighted by Gasteiger charge is -2.00. The van der Waals surface area contributed by atoms with Gasteiger partial charge in [-0.2, -0.15) is 0 Å². The molecule has 1 aromatic rings. The fraction of sp³-hybridized carbons (Fsp3) is 0.333. The molecule has 1 rings (SSSR count). The molecule has 2 nitrogen and oxygen atoms in total. The molecule has 0 fully saturated rings. The molecular formula is C6H9NOS. The lowest BCUT2D eigenvalue weighted by atomic mass is 10.2. The Kier molecular flexibility index (Phi) is 1.73. The highest BCUT2D eigenvalue weighted by Gasteiger charge is 2.04. The van der Waals surface area contributed by atoms with E-state index in [-0.39, 0.29) is 6.04 Å². The first kappa shape index (κ1) is 6.58. The van der Waals surface area contributed by atoms with Gasteiger partial charge in [-0.15, -0.1) is 11.3 Å². The summed E-state index contributed by atoms with van der Waals surface area (Å²) in [5.41, 5.74) is 6.34. The fourth-order valence-corrected chi connectivity index (χ4v) is 1.46. The Bertz CT molecular complexity index is 195. The number of thiophene rings is 1. The van der Waals surface area contributed by atoms with Crippen LogP contribution in [-0.2, 0) is 0 Å². The number of rotatable bonds is 1. The minimum absolute atomic E-state index is 0.0590. The second-order valence-corrected chi connectivity index (χ2v) is 2.74. The summed E-state index contributed by atoms with van der Waals surface area (Å²) in [6, 6.07) is -0.0590. The molecule has 0 radical (unpaired) electrons. The highest BCUT2D eigenvalue weighted by Crippen LogP contribution is 2.25. The van der Waals surface area contributed by atoms with Crippen molar-refractivity contribution in [2.75, 3.05) is 0 Å². The first-order valence-electron chi connectivity index (χ1n) is 2.72. The summed E-state index contributed by atoms with van der Waals surface area (Å²) in [4.78, 5) is 0. The van der Waals surface area contributed by atoms with Gasteiger partial charge in [0.15, 0.2) is 0 Å². The van der Waals surface area contributed by atoms with Gasteiger partial charge < -0.3 is 10.8 Å². The predicted molar refractivity (Wildman–Crippen MR) is 38.6 cm³/mol. The van der Waals surface area contributed by atoms with Crippen LogP contribution in [0.25, 0.3) is 0 Å². The molecule has 0 bridgehead atoms. The maximum absolute atomic E-state index is 9.05. The van der Waals surface area contributed by atoms with Gasteiger partial charge in [0.25, 0.3) is 0 Å². The normalized spacial score (nSPS) is 13.6. The SMILES string of the molecule is C[C@@H](N)c1cscc1O. The van der Waals surface area contributed by atoms with Crippen molar-refractivity contribution >= 4 is 11.3 Å². The molecule has 0 aromatic carbocycles. The molecule has 3 N–H and O–H groups in total. The van der Waals surface area contributed by atoms with Gasteiger partial charge in [-0.3, -0.25) is 0 Å².